The van der Waals surface area contributed by atoms with Gasteiger partial charge >= 0.3 is 0 Å². The van der Waals surface area contributed by atoms with Crippen LogP contribution in [0.3, 0.4) is 0 Å². The van der Waals surface area contributed by atoms with E-state index in [4.69, 9.17) is 0 Å². The Balaban J connectivity index is 2.17. The molecule has 0 radical (unpaired) electrons. The van der Waals surface area contributed by atoms with Gasteiger partial charge < -0.3 is 0 Å². The highest BCUT2D eigenvalue weighted by molar-refractivity contribution is 5.78. The molecule has 0 N–H and O–H groups in total. The van der Waals surface area contributed by atoms with Gasteiger partial charge in [-0.1, -0.05) is 49.4 Å². The van der Waals surface area contributed by atoms with Gasteiger partial charge in [0.25, 0.3) is 0 Å². The molecule has 1 heteroatoms. The maximum Gasteiger partial charge on any atom is 0.0713 e. The molecule has 1 unspecified atom stereocenters. The SMILES string of the molecule is CCC(C#N)c1cccc2c1Cc1ccccc1-2. The number of hydrogen-bond acceptors (Lipinski definition) is 1. The zero-order chi connectivity index (χ0) is 12.5. The van der Waals surface area contributed by atoms with Crippen LogP contribution in [0.4, 0.5) is 0 Å². The van der Waals surface area contributed by atoms with E-state index in [1.165, 1.54) is 27.8 Å². The van der Waals surface area contributed by atoms with E-state index < -0.39 is 0 Å². The molecule has 1 nitrogen and oxygen atoms in total. The van der Waals surface area contributed by atoms with Gasteiger partial charge in [0.05, 0.1) is 12.0 Å². The summed E-state index contributed by atoms with van der Waals surface area (Å²) in [7, 11) is 0. The zero-order valence-corrected chi connectivity index (χ0v) is 10.5. The predicted octanol–water partition coefficient (Wildman–Crippen LogP) is 4.27. The summed E-state index contributed by atoms with van der Waals surface area (Å²) in [6, 6.07) is 17.3. The summed E-state index contributed by atoms with van der Waals surface area (Å²) in [4.78, 5) is 0. The minimum absolute atomic E-state index is 0.0225. The topological polar surface area (TPSA) is 23.8 Å². The van der Waals surface area contributed by atoms with Crippen molar-refractivity contribution in [2.45, 2.75) is 25.7 Å². The van der Waals surface area contributed by atoms with Crippen LogP contribution in [0.15, 0.2) is 42.5 Å². The number of nitriles is 1. The summed E-state index contributed by atoms with van der Waals surface area (Å²) >= 11 is 0. The second-order valence-corrected chi connectivity index (χ2v) is 4.80. The van der Waals surface area contributed by atoms with E-state index in [1.807, 2.05) is 0 Å². The molecule has 0 aliphatic heterocycles. The molecule has 1 aliphatic rings. The predicted molar refractivity (Wildman–Crippen MR) is 73.3 cm³/mol. The van der Waals surface area contributed by atoms with Crippen LogP contribution in [0.5, 0.6) is 0 Å². The molecule has 0 aromatic heterocycles. The minimum Gasteiger partial charge on any atom is -0.198 e. The normalized spacial score (nSPS) is 13.6. The quantitative estimate of drug-likeness (QED) is 0.648. The zero-order valence-electron chi connectivity index (χ0n) is 10.5. The van der Waals surface area contributed by atoms with Crippen molar-refractivity contribution in [1.82, 2.24) is 0 Å². The first-order chi connectivity index (χ1) is 8.85. The van der Waals surface area contributed by atoms with Crippen LogP contribution >= 0.6 is 0 Å². The van der Waals surface area contributed by atoms with Crippen LogP contribution in [0.25, 0.3) is 11.1 Å². The third-order valence-corrected chi connectivity index (χ3v) is 3.83. The Kier molecular flexibility index (Phi) is 2.64. The Hall–Kier alpha value is -2.07. The van der Waals surface area contributed by atoms with Crippen LogP contribution in [0.1, 0.15) is 36.0 Å². The van der Waals surface area contributed by atoms with Crippen molar-refractivity contribution in [3.63, 3.8) is 0 Å². The third kappa shape index (κ3) is 1.54. The van der Waals surface area contributed by atoms with Gasteiger partial charge in [-0.25, -0.2) is 0 Å². The third-order valence-electron chi connectivity index (χ3n) is 3.83. The lowest BCUT2D eigenvalue weighted by Crippen LogP contribution is -1.99. The number of hydrogen-bond donors (Lipinski definition) is 0. The largest absolute Gasteiger partial charge is 0.198 e. The molecule has 0 saturated heterocycles. The first-order valence-corrected chi connectivity index (χ1v) is 6.44. The average molecular weight is 233 g/mol. The van der Waals surface area contributed by atoms with Crippen LogP contribution in [0.2, 0.25) is 0 Å². The molecule has 2 aromatic rings. The Labute approximate surface area is 108 Å². The van der Waals surface area contributed by atoms with Gasteiger partial charge in [-0.05, 0) is 40.7 Å². The van der Waals surface area contributed by atoms with E-state index in [0.717, 1.165) is 12.8 Å². The number of rotatable bonds is 2. The van der Waals surface area contributed by atoms with Crippen molar-refractivity contribution in [3.8, 4) is 17.2 Å². The first-order valence-electron chi connectivity index (χ1n) is 6.44. The van der Waals surface area contributed by atoms with E-state index in [0.29, 0.717) is 0 Å². The van der Waals surface area contributed by atoms with Crippen molar-refractivity contribution in [3.05, 3.63) is 59.2 Å². The second kappa shape index (κ2) is 4.31. The van der Waals surface area contributed by atoms with Crippen molar-refractivity contribution in [2.75, 3.05) is 0 Å². The Morgan fingerprint density at radius 2 is 1.89 bits per heavy atom. The molecule has 18 heavy (non-hydrogen) atoms. The maximum absolute atomic E-state index is 9.28. The van der Waals surface area contributed by atoms with Crippen LogP contribution in [0, 0.1) is 11.3 Å². The van der Waals surface area contributed by atoms with Crippen molar-refractivity contribution < 1.29 is 0 Å². The van der Waals surface area contributed by atoms with Gasteiger partial charge in [-0.2, -0.15) is 5.26 Å². The fraction of sp³-hybridized carbons (Fsp3) is 0.235. The van der Waals surface area contributed by atoms with E-state index in [9.17, 15) is 5.26 Å². The molecule has 1 atom stereocenters. The Morgan fingerprint density at radius 1 is 1.11 bits per heavy atom. The molecule has 0 bridgehead atoms. The van der Waals surface area contributed by atoms with E-state index in [-0.39, 0.29) is 5.92 Å². The van der Waals surface area contributed by atoms with Gasteiger partial charge in [0.1, 0.15) is 0 Å². The number of benzene rings is 2. The molecular formula is C17H15N. The van der Waals surface area contributed by atoms with Crippen LogP contribution in [-0.4, -0.2) is 0 Å². The Morgan fingerprint density at radius 3 is 2.67 bits per heavy atom. The monoisotopic (exact) mass is 233 g/mol. The van der Waals surface area contributed by atoms with Gasteiger partial charge in [0.2, 0.25) is 0 Å². The molecule has 0 spiro atoms. The average Bonchev–Trinajstić information content (AvgIpc) is 2.80. The van der Waals surface area contributed by atoms with Crippen molar-refractivity contribution >= 4 is 0 Å². The fourth-order valence-electron chi connectivity index (χ4n) is 2.89. The molecule has 0 saturated carbocycles. The molecule has 0 fully saturated rings. The molecule has 0 heterocycles. The highest BCUT2D eigenvalue weighted by Gasteiger charge is 2.23. The minimum atomic E-state index is 0.0225. The molecule has 2 aromatic carbocycles. The molecule has 1 aliphatic carbocycles. The van der Waals surface area contributed by atoms with E-state index in [2.05, 4.69) is 55.5 Å². The van der Waals surface area contributed by atoms with Gasteiger partial charge in [-0.15, -0.1) is 0 Å². The summed E-state index contributed by atoms with van der Waals surface area (Å²) in [6.45, 7) is 2.08. The highest BCUT2D eigenvalue weighted by atomic mass is 14.3. The summed E-state index contributed by atoms with van der Waals surface area (Å²) in [5.41, 5.74) is 6.60. The van der Waals surface area contributed by atoms with Crippen molar-refractivity contribution in [1.29, 1.82) is 5.26 Å². The summed E-state index contributed by atoms with van der Waals surface area (Å²) < 4.78 is 0. The summed E-state index contributed by atoms with van der Waals surface area (Å²) in [6.07, 6.45) is 1.85. The molecule has 88 valence electrons. The van der Waals surface area contributed by atoms with Gasteiger partial charge in [0.15, 0.2) is 0 Å². The van der Waals surface area contributed by atoms with Crippen LogP contribution in [-0.2, 0) is 6.42 Å². The Bertz CT molecular complexity index is 634. The fourth-order valence-corrected chi connectivity index (χ4v) is 2.89. The maximum atomic E-state index is 9.28. The molecule has 3 rings (SSSR count). The smallest absolute Gasteiger partial charge is 0.0713 e. The first kappa shape index (κ1) is 11.0. The number of fused-ring (bicyclic) bond motifs is 3. The summed E-state index contributed by atoms with van der Waals surface area (Å²) in [5.74, 6) is 0.0225. The lowest BCUT2D eigenvalue weighted by molar-refractivity contribution is 0.809. The molecular weight excluding hydrogens is 218 g/mol. The second-order valence-electron chi connectivity index (χ2n) is 4.80. The van der Waals surface area contributed by atoms with Gasteiger partial charge in [-0.3, -0.25) is 0 Å². The van der Waals surface area contributed by atoms with E-state index >= 15 is 0 Å². The standard InChI is InChI=1S/C17H15N/c1-2-12(11-18)14-8-5-9-16-15-7-4-3-6-13(15)10-17(14)16/h3-9,12H,2,10H2,1H3. The summed E-state index contributed by atoms with van der Waals surface area (Å²) in [5, 5.41) is 9.28. The van der Waals surface area contributed by atoms with Crippen molar-refractivity contribution in [2.24, 2.45) is 0 Å². The highest BCUT2D eigenvalue weighted by Crippen LogP contribution is 2.40. The molecule has 0 amide bonds. The lowest BCUT2D eigenvalue weighted by atomic mass is 9.90. The van der Waals surface area contributed by atoms with E-state index in [1.54, 1.807) is 0 Å². The van der Waals surface area contributed by atoms with Crippen LogP contribution < -0.4 is 0 Å². The lowest BCUT2D eigenvalue weighted by Gasteiger charge is -2.12. The number of nitrogens with zero attached hydrogens (tertiary/aromatic N) is 1. The van der Waals surface area contributed by atoms with Gasteiger partial charge in [0, 0.05) is 0 Å².